The molecule has 33 heavy (non-hydrogen) atoms. The molecule has 3 heteroatoms. The van der Waals surface area contributed by atoms with Gasteiger partial charge in [0.25, 0.3) is 0 Å². The predicted octanol–water partition coefficient (Wildman–Crippen LogP) is 8.67. The Kier molecular flexibility index (Phi) is 6.60. The number of nitrogens with one attached hydrogen (secondary N) is 1. The van der Waals surface area contributed by atoms with E-state index in [9.17, 15) is 0 Å². The second kappa shape index (κ2) is 9.43. The van der Waals surface area contributed by atoms with Crippen LogP contribution in [0.25, 0.3) is 22.4 Å². The fraction of sp³-hybridized carbons (Fsp3) is 0.367. The Morgan fingerprint density at radius 3 is 2.24 bits per heavy atom. The molecule has 0 bridgehead atoms. The van der Waals surface area contributed by atoms with Crippen LogP contribution in [0, 0.1) is 0 Å². The maximum Gasteiger partial charge on any atom is 0.141 e. The molecular weight excluding hydrogens is 402 g/mol. The lowest BCUT2D eigenvalue weighted by atomic mass is 9.87. The maximum atomic E-state index is 5.20. The molecule has 3 aromatic carbocycles. The van der Waals surface area contributed by atoms with Crippen molar-refractivity contribution in [1.82, 2.24) is 9.55 Å². The summed E-state index contributed by atoms with van der Waals surface area (Å²) in [7, 11) is 0. The first kappa shape index (κ1) is 23.1. The lowest BCUT2D eigenvalue weighted by molar-refractivity contribution is 0.590. The number of hydrogen-bond donors (Lipinski definition) is 1. The van der Waals surface area contributed by atoms with Crippen molar-refractivity contribution in [3.05, 3.63) is 77.9 Å². The third-order valence-corrected chi connectivity index (χ3v) is 6.38. The SMILES string of the molecule is CCCCn1c(-c2ccc(C(C)(C)C)cc2)nc2c(Nc3ccccc3C(C)C)cccc21. The Balaban J connectivity index is 1.82. The topological polar surface area (TPSA) is 29.9 Å². The standard InChI is InChI=1S/C30H37N3/c1-7-8-20-33-27-15-11-14-26(31-25-13-10-9-12-24(25)21(2)3)28(27)32-29(33)22-16-18-23(19-17-22)30(4,5)6/h9-19,21,31H,7-8,20H2,1-6H3. The fourth-order valence-electron chi connectivity index (χ4n) is 4.39. The van der Waals surface area contributed by atoms with Crippen LogP contribution >= 0.6 is 0 Å². The molecule has 0 aliphatic heterocycles. The Hall–Kier alpha value is -3.07. The Labute approximate surface area is 198 Å². The second-order valence-corrected chi connectivity index (χ2v) is 10.3. The number of para-hydroxylation sites is 2. The largest absolute Gasteiger partial charge is 0.353 e. The Bertz CT molecular complexity index is 1220. The molecule has 0 atom stereocenters. The van der Waals surface area contributed by atoms with Crippen molar-refractivity contribution in [3.8, 4) is 11.4 Å². The third-order valence-electron chi connectivity index (χ3n) is 6.38. The first-order valence-electron chi connectivity index (χ1n) is 12.3. The van der Waals surface area contributed by atoms with Gasteiger partial charge in [0.05, 0.1) is 11.2 Å². The van der Waals surface area contributed by atoms with Crippen molar-refractivity contribution in [2.45, 2.75) is 72.3 Å². The third kappa shape index (κ3) is 4.83. The molecule has 172 valence electrons. The molecule has 1 N–H and O–H groups in total. The average Bonchev–Trinajstić information content (AvgIpc) is 3.17. The van der Waals surface area contributed by atoms with Crippen LogP contribution in [0.15, 0.2) is 66.7 Å². The van der Waals surface area contributed by atoms with Crippen LogP contribution in [-0.2, 0) is 12.0 Å². The van der Waals surface area contributed by atoms with E-state index in [1.807, 2.05) is 0 Å². The first-order chi connectivity index (χ1) is 15.8. The lowest BCUT2D eigenvalue weighted by Crippen LogP contribution is -2.10. The van der Waals surface area contributed by atoms with Gasteiger partial charge in [-0.1, -0.05) is 96.5 Å². The minimum atomic E-state index is 0.141. The number of aryl methyl sites for hydroxylation is 1. The van der Waals surface area contributed by atoms with Crippen molar-refractivity contribution in [3.63, 3.8) is 0 Å². The summed E-state index contributed by atoms with van der Waals surface area (Å²) in [5.41, 5.74) is 8.40. The number of rotatable bonds is 7. The minimum Gasteiger partial charge on any atom is -0.353 e. The molecule has 0 spiro atoms. The minimum absolute atomic E-state index is 0.141. The van der Waals surface area contributed by atoms with E-state index in [1.165, 1.54) is 22.2 Å². The summed E-state index contributed by atoms with van der Waals surface area (Å²) >= 11 is 0. The van der Waals surface area contributed by atoms with Crippen LogP contribution in [-0.4, -0.2) is 9.55 Å². The van der Waals surface area contributed by atoms with Crippen molar-refractivity contribution in [2.24, 2.45) is 0 Å². The highest BCUT2D eigenvalue weighted by atomic mass is 15.1. The fourth-order valence-corrected chi connectivity index (χ4v) is 4.39. The van der Waals surface area contributed by atoms with E-state index in [0.717, 1.165) is 42.1 Å². The number of fused-ring (bicyclic) bond motifs is 1. The van der Waals surface area contributed by atoms with Crippen molar-refractivity contribution in [2.75, 3.05) is 5.32 Å². The van der Waals surface area contributed by atoms with Gasteiger partial charge in [-0.3, -0.25) is 0 Å². The van der Waals surface area contributed by atoms with Crippen LogP contribution in [0.2, 0.25) is 0 Å². The molecule has 4 aromatic rings. The highest BCUT2D eigenvalue weighted by Gasteiger charge is 2.18. The molecule has 0 fully saturated rings. The van der Waals surface area contributed by atoms with Gasteiger partial charge in [-0.25, -0.2) is 4.98 Å². The molecule has 4 rings (SSSR count). The van der Waals surface area contributed by atoms with Gasteiger partial charge >= 0.3 is 0 Å². The highest BCUT2D eigenvalue weighted by Crippen LogP contribution is 2.34. The average molecular weight is 440 g/mol. The molecule has 3 nitrogen and oxygen atoms in total. The second-order valence-electron chi connectivity index (χ2n) is 10.3. The molecule has 1 aromatic heterocycles. The molecule has 0 aliphatic carbocycles. The normalized spacial score (nSPS) is 12.0. The molecule has 0 saturated heterocycles. The zero-order chi connectivity index (χ0) is 23.6. The Morgan fingerprint density at radius 2 is 1.58 bits per heavy atom. The van der Waals surface area contributed by atoms with E-state index in [1.54, 1.807) is 0 Å². The van der Waals surface area contributed by atoms with Gasteiger partial charge in [-0.2, -0.15) is 0 Å². The van der Waals surface area contributed by atoms with E-state index in [2.05, 4.69) is 118 Å². The quantitative estimate of drug-likeness (QED) is 0.312. The number of hydrogen-bond acceptors (Lipinski definition) is 2. The van der Waals surface area contributed by atoms with Crippen LogP contribution in [0.1, 0.15) is 71.4 Å². The smallest absolute Gasteiger partial charge is 0.141 e. The van der Waals surface area contributed by atoms with Gasteiger partial charge in [-0.15, -0.1) is 0 Å². The van der Waals surface area contributed by atoms with Crippen LogP contribution in [0.5, 0.6) is 0 Å². The molecule has 0 saturated carbocycles. The molecular formula is C30H37N3. The predicted molar refractivity (Wildman–Crippen MR) is 143 cm³/mol. The zero-order valence-electron chi connectivity index (χ0n) is 20.9. The van der Waals surface area contributed by atoms with Crippen LogP contribution in [0.4, 0.5) is 11.4 Å². The van der Waals surface area contributed by atoms with Gasteiger partial charge in [0.1, 0.15) is 11.3 Å². The van der Waals surface area contributed by atoms with E-state index in [-0.39, 0.29) is 5.41 Å². The number of aromatic nitrogens is 2. The number of imidazole rings is 1. The van der Waals surface area contributed by atoms with Gasteiger partial charge in [0, 0.05) is 17.8 Å². The lowest BCUT2D eigenvalue weighted by Gasteiger charge is -2.19. The summed E-state index contributed by atoms with van der Waals surface area (Å²) in [6, 6.07) is 24.0. The maximum absolute atomic E-state index is 5.20. The van der Waals surface area contributed by atoms with Gasteiger partial charge in [0.2, 0.25) is 0 Å². The summed E-state index contributed by atoms with van der Waals surface area (Å²) in [6.07, 6.45) is 2.29. The molecule has 0 unspecified atom stereocenters. The summed E-state index contributed by atoms with van der Waals surface area (Å²) < 4.78 is 2.39. The van der Waals surface area contributed by atoms with Crippen molar-refractivity contribution < 1.29 is 0 Å². The van der Waals surface area contributed by atoms with Crippen molar-refractivity contribution in [1.29, 1.82) is 0 Å². The molecule has 0 amide bonds. The molecule has 1 heterocycles. The van der Waals surface area contributed by atoms with E-state index < -0.39 is 0 Å². The Morgan fingerprint density at radius 1 is 0.879 bits per heavy atom. The monoisotopic (exact) mass is 439 g/mol. The summed E-state index contributed by atoms with van der Waals surface area (Å²) in [6.45, 7) is 14.4. The number of nitrogens with zero attached hydrogens (tertiary/aromatic N) is 2. The van der Waals surface area contributed by atoms with E-state index >= 15 is 0 Å². The molecule has 0 radical (unpaired) electrons. The van der Waals surface area contributed by atoms with E-state index in [0.29, 0.717) is 5.92 Å². The highest BCUT2D eigenvalue weighted by molar-refractivity contribution is 5.93. The van der Waals surface area contributed by atoms with Crippen LogP contribution in [0.3, 0.4) is 0 Å². The molecule has 0 aliphatic rings. The number of benzene rings is 3. The van der Waals surface area contributed by atoms with Crippen molar-refractivity contribution >= 4 is 22.4 Å². The number of anilines is 2. The van der Waals surface area contributed by atoms with Crippen LogP contribution < -0.4 is 5.32 Å². The van der Waals surface area contributed by atoms with E-state index in [4.69, 9.17) is 4.98 Å². The summed E-state index contributed by atoms with van der Waals surface area (Å²) in [5.74, 6) is 1.50. The summed E-state index contributed by atoms with van der Waals surface area (Å²) in [4.78, 5) is 5.20. The van der Waals surface area contributed by atoms with Gasteiger partial charge in [-0.05, 0) is 47.1 Å². The van der Waals surface area contributed by atoms with Gasteiger partial charge < -0.3 is 9.88 Å². The zero-order valence-corrected chi connectivity index (χ0v) is 20.9. The van der Waals surface area contributed by atoms with Gasteiger partial charge in [0.15, 0.2) is 0 Å². The first-order valence-corrected chi connectivity index (χ1v) is 12.3. The summed E-state index contributed by atoms with van der Waals surface area (Å²) in [5, 5.41) is 3.70. The number of unbranched alkanes of at least 4 members (excludes halogenated alkanes) is 1.